The van der Waals surface area contributed by atoms with Crippen LogP contribution >= 0.6 is 22.9 Å². The number of aromatic nitrogens is 1. The molecule has 2 nitrogen and oxygen atoms in total. The summed E-state index contributed by atoms with van der Waals surface area (Å²) < 4.78 is 1.25. The Kier molecular flexibility index (Phi) is 3.21. The number of nitrogens with zero attached hydrogens (tertiary/aromatic N) is 1. The van der Waals surface area contributed by atoms with Crippen LogP contribution in [-0.4, -0.2) is 16.9 Å². The van der Waals surface area contributed by atoms with E-state index in [1.807, 2.05) is 6.07 Å². The van der Waals surface area contributed by atoms with Crippen LogP contribution in [0.15, 0.2) is 24.3 Å². The molecule has 1 heterocycles. The number of nitrogens with one attached hydrogen (secondary N) is 1. The average molecular weight is 267 g/mol. The van der Waals surface area contributed by atoms with Crippen molar-refractivity contribution in [2.45, 2.75) is 25.3 Å². The smallest absolute Gasteiger partial charge is 0.184 e. The summed E-state index contributed by atoms with van der Waals surface area (Å²) in [7, 11) is 0. The van der Waals surface area contributed by atoms with Crippen LogP contribution in [0.25, 0.3) is 10.2 Å². The van der Waals surface area contributed by atoms with Gasteiger partial charge in [0.15, 0.2) is 5.13 Å². The molecular formula is C13H15ClN2S. The van der Waals surface area contributed by atoms with Gasteiger partial charge in [0.25, 0.3) is 0 Å². The predicted molar refractivity (Wildman–Crippen MR) is 75.1 cm³/mol. The third-order valence-corrected chi connectivity index (χ3v) is 4.82. The van der Waals surface area contributed by atoms with Gasteiger partial charge in [0.2, 0.25) is 0 Å². The molecule has 1 saturated carbocycles. The fourth-order valence-corrected chi connectivity index (χ4v) is 3.80. The second kappa shape index (κ2) is 4.83. The molecule has 0 amide bonds. The maximum atomic E-state index is 5.99. The van der Waals surface area contributed by atoms with Crippen molar-refractivity contribution in [2.75, 3.05) is 11.2 Å². The van der Waals surface area contributed by atoms with Crippen molar-refractivity contribution in [1.29, 1.82) is 0 Å². The van der Waals surface area contributed by atoms with E-state index in [1.54, 1.807) is 11.3 Å². The number of hydrogen-bond acceptors (Lipinski definition) is 3. The highest BCUT2D eigenvalue weighted by atomic mass is 35.5. The molecular weight excluding hydrogens is 252 g/mol. The van der Waals surface area contributed by atoms with Crippen molar-refractivity contribution in [1.82, 2.24) is 4.98 Å². The van der Waals surface area contributed by atoms with Crippen LogP contribution in [0.2, 0.25) is 0 Å². The lowest BCUT2D eigenvalue weighted by atomic mass is 10.1. The van der Waals surface area contributed by atoms with E-state index >= 15 is 0 Å². The first kappa shape index (κ1) is 11.3. The molecule has 3 rings (SSSR count). The van der Waals surface area contributed by atoms with E-state index < -0.39 is 0 Å². The summed E-state index contributed by atoms with van der Waals surface area (Å²) in [5.41, 5.74) is 1.08. The molecule has 1 fully saturated rings. The first-order chi connectivity index (χ1) is 8.36. The highest BCUT2D eigenvalue weighted by Crippen LogP contribution is 2.32. The summed E-state index contributed by atoms with van der Waals surface area (Å²) in [6, 6.07) is 8.77. The normalized spacial score (nSPS) is 24.3. The Hall–Kier alpha value is -0.800. The van der Waals surface area contributed by atoms with Crippen molar-refractivity contribution < 1.29 is 0 Å². The van der Waals surface area contributed by atoms with Crippen LogP contribution in [0.1, 0.15) is 19.3 Å². The summed E-state index contributed by atoms with van der Waals surface area (Å²) >= 11 is 7.72. The topological polar surface area (TPSA) is 24.9 Å². The standard InChI is InChI=1S/C13H15ClN2S/c14-8-9-4-3-6-10(9)15-13-16-11-5-1-2-7-12(11)17-13/h1-2,5,7,9-10H,3-4,6,8H2,(H,15,16). The lowest BCUT2D eigenvalue weighted by Crippen LogP contribution is -2.24. The fourth-order valence-electron chi connectivity index (χ4n) is 2.50. The number of thiazole rings is 1. The van der Waals surface area contributed by atoms with Crippen molar-refractivity contribution in [3.8, 4) is 0 Å². The van der Waals surface area contributed by atoms with Crippen LogP contribution in [0.3, 0.4) is 0 Å². The zero-order valence-corrected chi connectivity index (χ0v) is 11.1. The summed E-state index contributed by atoms with van der Waals surface area (Å²) in [5.74, 6) is 1.35. The number of alkyl halides is 1. The summed E-state index contributed by atoms with van der Waals surface area (Å²) in [4.78, 5) is 4.61. The lowest BCUT2D eigenvalue weighted by Gasteiger charge is -2.17. The van der Waals surface area contributed by atoms with Crippen LogP contribution in [-0.2, 0) is 0 Å². The Labute approximate surface area is 110 Å². The summed E-state index contributed by atoms with van der Waals surface area (Å²) in [5, 5.41) is 4.59. The van der Waals surface area contributed by atoms with Crippen molar-refractivity contribution in [3.05, 3.63) is 24.3 Å². The van der Waals surface area contributed by atoms with Gasteiger partial charge < -0.3 is 5.32 Å². The van der Waals surface area contributed by atoms with Crippen LogP contribution < -0.4 is 5.32 Å². The van der Waals surface area contributed by atoms with Gasteiger partial charge >= 0.3 is 0 Å². The fraction of sp³-hybridized carbons (Fsp3) is 0.462. The van der Waals surface area contributed by atoms with Gasteiger partial charge in [0, 0.05) is 11.9 Å². The highest BCUT2D eigenvalue weighted by molar-refractivity contribution is 7.22. The van der Waals surface area contributed by atoms with Crippen LogP contribution in [0.5, 0.6) is 0 Å². The molecule has 1 aliphatic carbocycles. The molecule has 1 aromatic heterocycles. The summed E-state index contributed by atoms with van der Waals surface area (Å²) in [6.07, 6.45) is 3.74. The molecule has 2 aromatic rings. The van der Waals surface area contributed by atoms with E-state index in [2.05, 4.69) is 28.5 Å². The molecule has 4 heteroatoms. The molecule has 0 saturated heterocycles. The molecule has 17 heavy (non-hydrogen) atoms. The second-order valence-corrected chi connectivity index (χ2v) is 5.92. The Morgan fingerprint density at radius 3 is 3.06 bits per heavy atom. The van der Waals surface area contributed by atoms with Gasteiger partial charge in [-0.15, -0.1) is 11.6 Å². The average Bonchev–Trinajstić information content (AvgIpc) is 2.94. The molecule has 1 N–H and O–H groups in total. The highest BCUT2D eigenvalue weighted by Gasteiger charge is 2.26. The molecule has 0 bridgehead atoms. The number of halogens is 1. The Morgan fingerprint density at radius 1 is 1.35 bits per heavy atom. The van der Waals surface area contributed by atoms with Gasteiger partial charge in [-0.3, -0.25) is 0 Å². The van der Waals surface area contributed by atoms with E-state index in [-0.39, 0.29) is 0 Å². The van der Waals surface area contributed by atoms with E-state index in [0.29, 0.717) is 12.0 Å². The third kappa shape index (κ3) is 2.26. The minimum Gasteiger partial charge on any atom is -0.358 e. The van der Waals surface area contributed by atoms with Crippen molar-refractivity contribution >= 4 is 38.3 Å². The third-order valence-electron chi connectivity index (χ3n) is 3.46. The zero-order chi connectivity index (χ0) is 11.7. The molecule has 0 aliphatic heterocycles. The first-order valence-corrected chi connectivity index (χ1v) is 7.40. The molecule has 0 radical (unpaired) electrons. The minimum absolute atomic E-state index is 0.507. The number of benzene rings is 1. The van der Waals surface area contributed by atoms with Gasteiger partial charge in [0.05, 0.1) is 10.2 Å². The predicted octanol–water partition coefficient (Wildman–Crippen LogP) is 4.12. The zero-order valence-electron chi connectivity index (χ0n) is 9.53. The number of fused-ring (bicyclic) bond motifs is 1. The molecule has 0 spiro atoms. The van der Waals surface area contributed by atoms with Crippen molar-refractivity contribution in [3.63, 3.8) is 0 Å². The Bertz CT molecular complexity index is 478. The molecule has 90 valence electrons. The van der Waals surface area contributed by atoms with E-state index in [1.165, 1.54) is 24.0 Å². The number of hydrogen-bond donors (Lipinski definition) is 1. The molecule has 1 aromatic carbocycles. The summed E-state index contributed by atoms with van der Waals surface area (Å²) in [6.45, 7) is 0. The Morgan fingerprint density at radius 2 is 2.24 bits per heavy atom. The number of para-hydroxylation sites is 1. The van der Waals surface area contributed by atoms with Crippen molar-refractivity contribution in [2.24, 2.45) is 5.92 Å². The molecule has 2 unspecified atom stereocenters. The monoisotopic (exact) mass is 266 g/mol. The number of rotatable bonds is 3. The van der Waals surface area contributed by atoms with Gasteiger partial charge in [-0.25, -0.2) is 4.98 Å². The molecule has 1 aliphatic rings. The van der Waals surface area contributed by atoms with Crippen LogP contribution in [0, 0.1) is 5.92 Å². The minimum atomic E-state index is 0.507. The number of anilines is 1. The van der Waals surface area contributed by atoms with Crippen LogP contribution in [0.4, 0.5) is 5.13 Å². The van der Waals surface area contributed by atoms with Gasteiger partial charge in [-0.05, 0) is 30.9 Å². The second-order valence-electron chi connectivity index (χ2n) is 4.58. The van der Waals surface area contributed by atoms with E-state index in [9.17, 15) is 0 Å². The maximum absolute atomic E-state index is 5.99. The first-order valence-electron chi connectivity index (χ1n) is 6.05. The van der Waals surface area contributed by atoms with Gasteiger partial charge in [-0.2, -0.15) is 0 Å². The van der Waals surface area contributed by atoms with Gasteiger partial charge in [0.1, 0.15) is 0 Å². The van der Waals surface area contributed by atoms with E-state index in [4.69, 9.17) is 11.6 Å². The maximum Gasteiger partial charge on any atom is 0.184 e. The quantitative estimate of drug-likeness (QED) is 0.846. The van der Waals surface area contributed by atoms with E-state index in [0.717, 1.165) is 16.5 Å². The lowest BCUT2D eigenvalue weighted by molar-refractivity contribution is 0.562. The largest absolute Gasteiger partial charge is 0.358 e. The van der Waals surface area contributed by atoms with Gasteiger partial charge in [-0.1, -0.05) is 29.9 Å². The molecule has 2 atom stereocenters. The SMILES string of the molecule is ClCC1CCCC1Nc1nc2ccccc2s1. The Balaban J connectivity index is 1.80.